The molecule has 6 rings (SSSR count). The minimum absolute atomic E-state index is 0.0361. The van der Waals surface area contributed by atoms with E-state index in [1.165, 1.54) is 16.8 Å². The van der Waals surface area contributed by atoms with Gasteiger partial charge in [0.2, 0.25) is 0 Å². The van der Waals surface area contributed by atoms with Crippen molar-refractivity contribution in [1.29, 1.82) is 0 Å². The summed E-state index contributed by atoms with van der Waals surface area (Å²) in [5.74, 6) is 0.241. The Kier molecular flexibility index (Phi) is 10.3. The third-order valence-corrected chi connectivity index (χ3v) is 10.3. The molecular weight excluding hydrogens is 707 g/mol. The number of aryl methyl sites for hydroxylation is 2. The molecule has 260 valence electrons. The van der Waals surface area contributed by atoms with E-state index in [0.29, 0.717) is 65.4 Å². The van der Waals surface area contributed by atoms with Crippen LogP contribution < -0.4 is 14.8 Å². The van der Waals surface area contributed by atoms with Gasteiger partial charge in [-0.15, -0.1) is 0 Å². The minimum atomic E-state index is -4.56. The van der Waals surface area contributed by atoms with Gasteiger partial charge in [-0.1, -0.05) is 35.3 Å². The highest BCUT2D eigenvalue weighted by Gasteiger charge is 2.27. The van der Waals surface area contributed by atoms with Crippen molar-refractivity contribution in [2.45, 2.75) is 25.3 Å². The Labute approximate surface area is 297 Å². The molecule has 2 heterocycles. The summed E-state index contributed by atoms with van der Waals surface area (Å²) < 4.78 is 41.7. The van der Waals surface area contributed by atoms with E-state index in [1.807, 2.05) is 30.9 Å². The van der Waals surface area contributed by atoms with E-state index < -0.39 is 31.4 Å². The van der Waals surface area contributed by atoms with Crippen LogP contribution in [0.4, 0.5) is 11.4 Å². The van der Waals surface area contributed by atoms with Crippen LogP contribution in [0, 0.1) is 24.0 Å². The number of nitrogens with zero attached hydrogens (tertiary/aromatic N) is 4. The zero-order valence-corrected chi connectivity index (χ0v) is 29.3. The number of carbonyl (C=O) groups excluding carboxylic acids is 1. The monoisotopic (exact) mass is 738 g/mol. The Morgan fingerprint density at radius 1 is 0.980 bits per heavy atom. The maximum Gasteiger partial charge on any atom is 0.293 e. The number of nitro benzene ring substituents is 1. The Bertz CT molecular complexity index is 2180. The van der Waals surface area contributed by atoms with Crippen molar-refractivity contribution < 1.29 is 27.6 Å². The fraction of sp³-hybridized carbons (Fsp3) is 0.235. The summed E-state index contributed by atoms with van der Waals surface area (Å²) in [5.41, 5.74) is 2.56. The standard InChI is InChI=1S/C34H32Cl2N6O7S/c1-21-15-26(16-22(2)32(21)36)49-25-6-3-23(4-7-25)19-41-33(28-9-5-24(35)17-30(28)38-41)34(43)39-50(46,47)27-8-10-29(31(18-27)42(44)45)37-20-40-11-13-48-14-12-40/h3-10,15-18,37H,11-14,19-20H2,1-2H3,(H,39,43). The molecule has 4 aromatic carbocycles. The lowest BCUT2D eigenvalue weighted by Gasteiger charge is -2.26. The van der Waals surface area contributed by atoms with Crippen molar-refractivity contribution in [3.8, 4) is 11.5 Å². The Morgan fingerprint density at radius 3 is 2.36 bits per heavy atom. The summed E-state index contributed by atoms with van der Waals surface area (Å²) in [6, 6.07) is 19.0. The molecule has 0 aliphatic carbocycles. The summed E-state index contributed by atoms with van der Waals surface area (Å²) >= 11 is 12.5. The van der Waals surface area contributed by atoms with Crippen molar-refractivity contribution >= 4 is 61.4 Å². The topological polar surface area (TPSA) is 158 Å². The predicted octanol–water partition coefficient (Wildman–Crippen LogP) is 6.53. The number of hydrogen-bond donors (Lipinski definition) is 2. The number of aromatic nitrogens is 2. The summed E-state index contributed by atoms with van der Waals surface area (Å²) in [6.45, 7) is 6.62. The first-order valence-electron chi connectivity index (χ1n) is 15.5. The molecule has 16 heteroatoms. The van der Waals surface area contributed by atoms with Crippen LogP contribution in [0.2, 0.25) is 10.0 Å². The second kappa shape index (κ2) is 14.6. The number of sulfonamides is 1. The highest BCUT2D eigenvalue weighted by atomic mass is 35.5. The molecule has 0 atom stereocenters. The second-order valence-corrected chi connectivity index (χ2v) is 14.2. The van der Waals surface area contributed by atoms with Gasteiger partial charge in [0.15, 0.2) is 0 Å². The molecule has 1 amide bonds. The van der Waals surface area contributed by atoms with Gasteiger partial charge in [-0.05, 0) is 85.1 Å². The molecule has 1 aliphatic heterocycles. The van der Waals surface area contributed by atoms with Gasteiger partial charge in [0, 0.05) is 34.6 Å². The molecule has 0 bridgehead atoms. The number of hydrogen-bond acceptors (Lipinski definition) is 10. The van der Waals surface area contributed by atoms with E-state index in [4.69, 9.17) is 32.7 Å². The number of benzene rings is 4. The molecule has 1 aromatic heterocycles. The van der Waals surface area contributed by atoms with Crippen molar-refractivity contribution in [2.75, 3.05) is 38.3 Å². The first-order chi connectivity index (χ1) is 23.9. The third-order valence-electron chi connectivity index (χ3n) is 8.12. The number of fused-ring (bicyclic) bond motifs is 1. The van der Waals surface area contributed by atoms with Crippen LogP contribution in [0.1, 0.15) is 27.2 Å². The lowest BCUT2D eigenvalue weighted by atomic mass is 10.1. The van der Waals surface area contributed by atoms with E-state index in [1.54, 1.807) is 42.5 Å². The lowest BCUT2D eigenvalue weighted by Crippen LogP contribution is -2.39. The summed E-state index contributed by atoms with van der Waals surface area (Å²) in [4.78, 5) is 26.5. The van der Waals surface area contributed by atoms with Crippen molar-refractivity contribution in [3.05, 3.63) is 115 Å². The van der Waals surface area contributed by atoms with Crippen molar-refractivity contribution in [2.24, 2.45) is 0 Å². The van der Waals surface area contributed by atoms with Gasteiger partial charge in [-0.3, -0.25) is 24.5 Å². The molecule has 2 N–H and O–H groups in total. The van der Waals surface area contributed by atoms with Crippen LogP contribution in [-0.2, 0) is 21.3 Å². The summed E-state index contributed by atoms with van der Waals surface area (Å²) in [7, 11) is -4.56. The van der Waals surface area contributed by atoms with Crippen LogP contribution in [0.5, 0.6) is 11.5 Å². The number of amides is 1. The fourth-order valence-electron chi connectivity index (χ4n) is 5.56. The molecule has 0 spiro atoms. The highest BCUT2D eigenvalue weighted by Crippen LogP contribution is 2.31. The minimum Gasteiger partial charge on any atom is -0.457 e. The smallest absolute Gasteiger partial charge is 0.293 e. The van der Waals surface area contributed by atoms with E-state index in [-0.39, 0.29) is 17.9 Å². The molecule has 5 aromatic rings. The number of nitrogens with one attached hydrogen (secondary N) is 2. The normalized spacial score (nSPS) is 13.7. The fourth-order valence-corrected chi connectivity index (χ4v) is 6.81. The largest absolute Gasteiger partial charge is 0.457 e. The van der Waals surface area contributed by atoms with Gasteiger partial charge >= 0.3 is 0 Å². The van der Waals surface area contributed by atoms with E-state index >= 15 is 0 Å². The van der Waals surface area contributed by atoms with Crippen LogP contribution in [0.25, 0.3) is 10.9 Å². The van der Waals surface area contributed by atoms with Crippen molar-refractivity contribution in [3.63, 3.8) is 0 Å². The van der Waals surface area contributed by atoms with Crippen LogP contribution in [0.3, 0.4) is 0 Å². The summed E-state index contributed by atoms with van der Waals surface area (Å²) in [6.07, 6.45) is 0. The maximum atomic E-state index is 13.7. The lowest BCUT2D eigenvalue weighted by molar-refractivity contribution is -0.384. The number of morpholine rings is 1. The molecule has 1 fully saturated rings. The number of halogens is 2. The van der Waals surface area contributed by atoms with Crippen LogP contribution >= 0.6 is 23.2 Å². The molecule has 50 heavy (non-hydrogen) atoms. The molecular formula is C34H32Cl2N6O7S. The quantitative estimate of drug-likeness (QED) is 0.113. The molecule has 0 unspecified atom stereocenters. The first-order valence-corrected chi connectivity index (χ1v) is 17.7. The number of carbonyl (C=O) groups is 1. The zero-order valence-electron chi connectivity index (χ0n) is 27.0. The average molecular weight is 740 g/mol. The van der Waals surface area contributed by atoms with E-state index in [2.05, 4.69) is 15.1 Å². The highest BCUT2D eigenvalue weighted by molar-refractivity contribution is 7.90. The molecule has 13 nitrogen and oxygen atoms in total. The predicted molar refractivity (Wildman–Crippen MR) is 190 cm³/mol. The molecule has 1 saturated heterocycles. The zero-order chi connectivity index (χ0) is 35.6. The Morgan fingerprint density at radius 2 is 1.68 bits per heavy atom. The number of ether oxygens (including phenoxy) is 2. The van der Waals surface area contributed by atoms with E-state index in [0.717, 1.165) is 22.8 Å². The van der Waals surface area contributed by atoms with Gasteiger partial charge < -0.3 is 14.8 Å². The third kappa shape index (κ3) is 7.85. The second-order valence-electron chi connectivity index (χ2n) is 11.7. The average Bonchev–Trinajstić information content (AvgIpc) is 3.44. The number of rotatable bonds is 11. The number of nitro groups is 1. The number of anilines is 1. The van der Waals surface area contributed by atoms with Crippen molar-refractivity contribution in [1.82, 2.24) is 19.4 Å². The van der Waals surface area contributed by atoms with E-state index in [9.17, 15) is 23.3 Å². The Balaban J connectivity index is 1.23. The van der Waals surface area contributed by atoms with Gasteiger partial charge in [-0.2, -0.15) is 5.10 Å². The van der Waals surface area contributed by atoms with Gasteiger partial charge in [0.25, 0.3) is 21.6 Å². The first kappa shape index (κ1) is 35.1. The van der Waals surface area contributed by atoms with Crippen LogP contribution in [0.15, 0.2) is 77.7 Å². The van der Waals surface area contributed by atoms with Crippen LogP contribution in [-0.4, -0.2) is 66.9 Å². The SMILES string of the molecule is Cc1cc(Oc2ccc(Cn3nc4cc(Cl)ccc4c3C(=O)NS(=O)(=O)c3ccc(NCN4CCOCC4)c([N+](=O)[O-])c3)cc2)cc(C)c1Cl. The molecule has 0 radical (unpaired) electrons. The summed E-state index contributed by atoms with van der Waals surface area (Å²) in [5, 5.41) is 20.9. The van der Waals surface area contributed by atoms with Gasteiger partial charge in [0.1, 0.15) is 22.9 Å². The maximum absolute atomic E-state index is 13.7. The van der Waals surface area contributed by atoms with Gasteiger partial charge in [0.05, 0.1) is 41.8 Å². The molecule has 1 aliphatic rings. The Hall–Kier alpha value is -4.73. The van der Waals surface area contributed by atoms with Gasteiger partial charge in [-0.25, -0.2) is 13.1 Å². The molecule has 0 saturated carbocycles.